The molecule has 0 amide bonds. The van der Waals surface area contributed by atoms with Crippen molar-refractivity contribution in [1.82, 2.24) is 0 Å². The molecule has 0 saturated carbocycles. The molecule has 0 rings (SSSR count). The number of hydrogen-bond donors (Lipinski definition) is 3. The maximum Gasteiger partial charge on any atom is 1.00 e. The molecule has 1 atom stereocenters. The zero-order chi connectivity index (χ0) is 7.28. The molecule has 4 nitrogen and oxygen atoms in total. The van der Waals surface area contributed by atoms with E-state index in [0.29, 0.717) is 0 Å². The third-order valence-electron chi connectivity index (χ3n) is 1.05. The molecular formula is C5H11KO4. The van der Waals surface area contributed by atoms with Crippen molar-refractivity contribution in [2.75, 3.05) is 13.2 Å². The van der Waals surface area contributed by atoms with Gasteiger partial charge in [-0.25, -0.2) is 0 Å². The quantitative estimate of drug-likeness (QED) is 0.382. The summed E-state index contributed by atoms with van der Waals surface area (Å²) in [6.45, 7) is -0.604. The van der Waals surface area contributed by atoms with E-state index in [1.807, 2.05) is 0 Å². The molecule has 0 spiro atoms. The van der Waals surface area contributed by atoms with Gasteiger partial charge in [0, 0.05) is 6.61 Å². The molecule has 0 heterocycles. The zero-order valence-electron chi connectivity index (χ0n) is 6.95. The molecule has 0 aliphatic rings. The molecule has 0 aromatic heterocycles. The fourth-order valence-corrected chi connectivity index (χ4v) is 0.449. The van der Waals surface area contributed by atoms with E-state index in [1.165, 1.54) is 0 Å². The molecule has 0 aliphatic carbocycles. The summed E-state index contributed by atoms with van der Waals surface area (Å²) in [5, 5.41) is 24.8. The van der Waals surface area contributed by atoms with Crippen LogP contribution in [0.4, 0.5) is 0 Å². The minimum atomic E-state index is -1.06. The SMILES string of the molecule is O=C(O)C(CO)CCO.[H-].[K+]. The molecule has 56 valence electrons. The number of carboxylic acid groups (broad SMARTS) is 1. The first kappa shape index (κ1) is 13.6. The van der Waals surface area contributed by atoms with Gasteiger partial charge in [0.1, 0.15) is 0 Å². The summed E-state index contributed by atoms with van der Waals surface area (Å²) < 4.78 is 0. The number of aliphatic carboxylic acids is 1. The van der Waals surface area contributed by atoms with Crippen molar-refractivity contribution in [3.8, 4) is 0 Å². The molecule has 0 radical (unpaired) electrons. The summed E-state index contributed by atoms with van der Waals surface area (Å²) in [5.41, 5.74) is 0. The Morgan fingerprint density at radius 1 is 1.50 bits per heavy atom. The minimum absolute atomic E-state index is 0. The predicted molar refractivity (Wildman–Crippen MR) is 31.0 cm³/mol. The Morgan fingerprint density at radius 2 is 2.00 bits per heavy atom. The van der Waals surface area contributed by atoms with Crippen LogP contribution in [0.5, 0.6) is 0 Å². The zero-order valence-corrected chi connectivity index (χ0v) is 9.07. The molecule has 0 saturated heterocycles. The average Bonchev–Trinajstić information content (AvgIpc) is 1.82. The van der Waals surface area contributed by atoms with E-state index >= 15 is 0 Å². The number of aliphatic hydroxyl groups excluding tert-OH is 2. The van der Waals surface area contributed by atoms with E-state index in [-0.39, 0.29) is 65.8 Å². The van der Waals surface area contributed by atoms with Gasteiger partial charge in [-0.15, -0.1) is 0 Å². The van der Waals surface area contributed by atoms with Crippen LogP contribution in [0.15, 0.2) is 0 Å². The Hall–Kier alpha value is 1.03. The van der Waals surface area contributed by atoms with Gasteiger partial charge in [0.15, 0.2) is 0 Å². The summed E-state index contributed by atoms with van der Waals surface area (Å²) >= 11 is 0. The third kappa shape index (κ3) is 5.78. The monoisotopic (exact) mass is 174 g/mol. The molecule has 0 aromatic rings. The van der Waals surface area contributed by atoms with Crippen LogP contribution in [0.25, 0.3) is 0 Å². The van der Waals surface area contributed by atoms with Crippen LogP contribution in [0.1, 0.15) is 7.85 Å². The summed E-state index contributed by atoms with van der Waals surface area (Å²) in [4.78, 5) is 10.0. The number of hydrogen-bond acceptors (Lipinski definition) is 3. The smallest absolute Gasteiger partial charge is 1.00 e. The van der Waals surface area contributed by atoms with Gasteiger partial charge in [0.25, 0.3) is 0 Å². The fraction of sp³-hybridized carbons (Fsp3) is 0.800. The van der Waals surface area contributed by atoms with Crippen molar-refractivity contribution in [3.63, 3.8) is 0 Å². The summed E-state index contributed by atoms with van der Waals surface area (Å²) in [6.07, 6.45) is 0.117. The molecule has 10 heavy (non-hydrogen) atoms. The third-order valence-corrected chi connectivity index (χ3v) is 1.05. The van der Waals surface area contributed by atoms with E-state index in [0.717, 1.165) is 0 Å². The number of carbonyl (C=O) groups is 1. The minimum Gasteiger partial charge on any atom is -1.00 e. The van der Waals surface area contributed by atoms with Crippen LogP contribution < -0.4 is 51.4 Å². The van der Waals surface area contributed by atoms with Gasteiger partial charge in [-0.2, -0.15) is 0 Å². The van der Waals surface area contributed by atoms with Gasteiger partial charge in [0.05, 0.1) is 12.5 Å². The molecular weight excluding hydrogens is 163 g/mol. The average molecular weight is 174 g/mol. The second kappa shape index (κ2) is 8.13. The number of carboxylic acids is 1. The van der Waals surface area contributed by atoms with E-state index in [4.69, 9.17) is 15.3 Å². The van der Waals surface area contributed by atoms with Crippen molar-refractivity contribution in [2.24, 2.45) is 5.92 Å². The van der Waals surface area contributed by atoms with Crippen molar-refractivity contribution in [1.29, 1.82) is 0 Å². The van der Waals surface area contributed by atoms with Crippen LogP contribution in [-0.4, -0.2) is 34.5 Å². The maximum absolute atomic E-state index is 10.0. The summed E-state index contributed by atoms with van der Waals surface area (Å²) in [7, 11) is 0. The van der Waals surface area contributed by atoms with E-state index in [2.05, 4.69) is 0 Å². The van der Waals surface area contributed by atoms with Crippen LogP contribution >= 0.6 is 0 Å². The summed E-state index contributed by atoms with van der Waals surface area (Å²) in [5.74, 6) is -1.87. The molecule has 5 heteroatoms. The molecule has 3 N–H and O–H groups in total. The van der Waals surface area contributed by atoms with Gasteiger partial charge < -0.3 is 16.7 Å². The predicted octanol–water partition coefficient (Wildman–Crippen LogP) is -3.82. The molecule has 0 fully saturated rings. The molecule has 0 aliphatic heterocycles. The number of aliphatic hydroxyl groups is 2. The van der Waals surface area contributed by atoms with E-state index in [1.54, 1.807) is 0 Å². The first-order valence-corrected chi connectivity index (χ1v) is 2.67. The maximum atomic E-state index is 10.0. The Bertz CT molecular complexity index is 100. The summed E-state index contributed by atoms with van der Waals surface area (Å²) in [6, 6.07) is 0. The first-order chi connectivity index (χ1) is 4.22. The van der Waals surface area contributed by atoms with E-state index in [9.17, 15) is 4.79 Å². The normalized spacial score (nSPS) is 11.8. The van der Waals surface area contributed by atoms with Crippen molar-refractivity contribution in [2.45, 2.75) is 6.42 Å². The first-order valence-electron chi connectivity index (χ1n) is 2.67. The van der Waals surface area contributed by atoms with Gasteiger partial charge in [-0.3, -0.25) is 4.79 Å². The number of rotatable bonds is 4. The Balaban J connectivity index is -0.000000320. The van der Waals surface area contributed by atoms with Crippen LogP contribution in [0.2, 0.25) is 0 Å². The molecule has 0 aromatic carbocycles. The topological polar surface area (TPSA) is 77.8 Å². The molecule has 0 bridgehead atoms. The largest absolute Gasteiger partial charge is 1.00 e. The van der Waals surface area contributed by atoms with Gasteiger partial charge in [-0.1, -0.05) is 0 Å². The standard InChI is InChI=1S/C5H10O4.K.H/c6-2-1-4(3-7)5(8)9;;/h4,6-7H,1-3H2,(H,8,9);;/q;+1;-1. The fourth-order valence-electron chi connectivity index (χ4n) is 0.449. The second-order valence-corrected chi connectivity index (χ2v) is 1.73. The second-order valence-electron chi connectivity index (χ2n) is 1.73. The van der Waals surface area contributed by atoms with E-state index < -0.39 is 18.5 Å². The van der Waals surface area contributed by atoms with Crippen molar-refractivity contribution >= 4 is 5.97 Å². The van der Waals surface area contributed by atoms with Crippen LogP contribution in [-0.2, 0) is 4.79 Å². The van der Waals surface area contributed by atoms with Crippen LogP contribution in [0.3, 0.4) is 0 Å². The molecule has 1 unspecified atom stereocenters. The Morgan fingerprint density at radius 3 is 2.10 bits per heavy atom. The van der Waals surface area contributed by atoms with Crippen LogP contribution in [0, 0.1) is 5.92 Å². The Labute approximate surface area is 103 Å². The van der Waals surface area contributed by atoms with Gasteiger partial charge in [0.2, 0.25) is 0 Å². The van der Waals surface area contributed by atoms with Gasteiger partial charge >= 0.3 is 57.4 Å². The Kier molecular flexibility index (Phi) is 11.1. The van der Waals surface area contributed by atoms with Crippen molar-refractivity contribution < 1.29 is 72.9 Å². The van der Waals surface area contributed by atoms with Crippen molar-refractivity contribution in [3.05, 3.63) is 0 Å². The van der Waals surface area contributed by atoms with Gasteiger partial charge in [-0.05, 0) is 6.42 Å².